The number of aromatic amines is 1. The number of nitrogens with one attached hydrogen (secondary N) is 1. The third-order valence-corrected chi connectivity index (χ3v) is 9.48. The smallest absolute Gasteiger partial charge is 0.186 e. The van der Waals surface area contributed by atoms with Crippen molar-refractivity contribution in [1.82, 2.24) is 29.8 Å². The zero-order chi connectivity index (χ0) is 25.6. The fraction of sp³-hybridized carbons (Fsp3) is 0.500. The number of aromatic nitrogens is 6. The maximum absolute atomic E-state index is 14.6. The van der Waals surface area contributed by atoms with Gasteiger partial charge in [0.2, 0.25) is 0 Å². The molecule has 196 valence electrons. The lowest BCUT2D eigenvalue weighted by Crippen LogP contribution is -2.57. The number of hydrogen-bond acceptors (Lipinski definition) is 6. The van der Waals surface area contributed by atoms with Crippen LogP contribution in [0.25, 0.3) is 17.0 Å². The Morgan fingerprint density at radius 1 is 1.05 bits per heavy atom. The molecule has 5 aliphatic rings. The summed E-state index contributed by atoms with van der Waals surface area (Å²) in [6.07, 6.45) is 11.0. The van der Waals surface area contributed by atoms with Crippen molar-refractivity contribution in [2.45, 2.75) is 68.4 Å². The quantitative estimate of drug-likeness (QED) is 0.407. The van der Waals surface area contributed by atoms with Gasteiger partial charge >= 0.3 is 0 Å². The zero-order valence-corrected chi connectivity index (χ0v) is 20.9. The van der Waals surface area contributed by atoms with Crippen molar-refractivity contribution in [2.75, 3.05) is 11.4 Å². The van der Waals surface area contributed by atoms with Crippen LogP contribution in [-0.4, -0.2) is 47.0 Å². The number of hydrogen-bond donors (Lipinski definition) is 2. The molecule has 1 aliphatic heterocycles. The predicted molar refractivity (Wildman–Crippen MR) is 135 cm³/mol. The van der Waals surface area contributed by atoms with E-state index in [-0.39, 0.29) is 11.5 Å². The van der Waals surface area contributed by atoms with Gasteiger partial charge in [-0.3, -0.25) is 5.10 Å². The second-order valence-electron chi connectivity index (χ2n) is 12.1. The van der Waals surface area contributed by atoms with Gasteiger partial charge in [-0.05, 0) is 87.5 Å². The number of rotatable bonds is 4. The number of H-pyrrole nitrogens is 1. The first-order valence-electron chi connectivity index (χ1n) is 13.6. The molecule has 1 saturated heterocycles. The molecule has 9 rings (SSSR count). The third-order valence-electron chi connectivity index (χ3n) is 9.48. The minimum absolute atomic E-state index is 0.149. The van der Waals surface area contributed by atoms with Crippen LogP contribution in [0.1, 0.15) is 68.8 Å². The van der Waals surface area contributed by atoms with E-state index in [9.17, 15) is 13.9 Å². The molecule has 2 unspecified atom stereocenters. The molecule has 4 aliphatic carbocycles. The van der Waals surface area contributed by atoms with E-state index >= 15 is 0 Å². The first-order valence-corrected chi connectivity index (χ1v) is 13.6. The molecule has 10 heteroatoms. The Morgan fingerprint density at radius 2 is 1.89 bits per heavy atom. The summed E-state index contributed by atoms with van der Waals surface area (Å²) < 4.78 is 30.3. The molecule has 8 nitrogen and oxygen atoms in total. The predicted octanol–water partition coefficient (Wildman–Crippen LogP) is 4.72. The average molecular weight is 518 g/mol. The van der Waals surface area contributed by atoms with Gasteiger partial charge in [0.05, 0.1) is 23.4 Å². The molecule has 3 aromatic heterocycles. The highest BCUT2D eigenvalue weighted by Gasteiger charge is 2.59. The van der Waals surface area contributed by atoms with Crippen LogP contribution in [0.3, 0.4) is 0 Å². The van der Waals surface area contributed by atoms with Gasteiger partial charge in [0.15, 0.2) is 11.5 Å². The summed E-state index contributed by atoms with van der Waals surface area (Å²) in [7, 11) is 0. The van der Waals surface area contributed by atoms with Crippen molar-refractivity contribution in [3.05, 3.63) is 59.7 Å². The van der Waals surface area contributed by atoms with E-state index in [1.165, 1.54) is 18.6 Å². The van der Waals surface area contributed by atoms with Crippen LogP contribution >= 0.6 is 0 Å². The first-order chi connectivity index (χ1) is 18.4. The van der Waals surface area contributed by atoms with Crippen molar-refractivity contribution >= 4 is 11.5 Å². The average Bonchev–Trinajstić information content (AvgIpc) is 3.63. The summed E-state index contributed by atoms with van der Waals surface area (Å²) in [4.78, 5) is 11.9. The molecule has 0 spiro atoms. The van der Waals surface area contributed by atoms with Gasteiger partial charge in [0, 0.05) is 23.7 Å². The highest BCUT2D eigenvalue weighted by atomic mass is 19.1. The van der Waals surface area contributed by atoms with Gasteiger partial charge in [-0.15, -0.1) is 0 Å². The van der Waals surface area contributed by atoms with E-state index in [2.05, 4.69) is 15.3 Å². The fourth-order valence-corrected chi connectivity index (χ4v) is 8.42. The van der Waals surface area contributed by atoms with E-state index in [4.69, 9.17) is 9.97 Å². The van der Waals surface area contributed by atoms with Crippen molar-refractivity contribution in [3.8, 4) is 11.4 Å². The molecule has 4 saturated carbocycles. The van der Waals surface area contributed by atoms with Crippen LogP contribution < -0.4 is 4.90 Å². The third kappa shape index (κ3) is 3.35. The Hall–Kier alpha value is -3.40. The molecule has 4 heterocycles. The van der Waals surface area contributed by atoms with Gasteiger partial charge in [-0.2, -0.15) is 10.2 Å². The lowest BCUT2D eigenvalue weighted by atomic mass is 9.47. The van der Waals surface area contributed by atoms with Gasteiger partial charge in [-0.1, -0.05) is 0 Å². The summed E-state index contributed by atoms with van der Waals surface area (Å²) >= 11 is 0. The topological polar surface area (TPSA) is 95.2 Å². The Balaban J connectivity index is 1.14. The van der Waals surface area contributed by atoms with Crippen LogP contribution in [-0.2, 0) is 5.41 Å². The van der Waals surface area contributed by atoms with E-state index in [0.717, 1.165) is 56.8 Å². The van der Waals surface area contributed by atoms with E-state index in [1.807, 2.05) is 17.2 Å². The summed E-state index contributed by atoms with van der Waals surface area (Å²) in [5.41, 5.74) is 0.955. The second-order valence-corrected chi connectivity index (χ2v) is 12.1. The molecular formula is C28H29F2N7O. The molecule has 2 N–H and O–H groups in total. The van der Waals surface area contributed by atoms with E-state index < -0.39 is 17.2 Å². The maximum Gasteiger partial charge on any atom is 0.186 e. The second kappa shape index (κ2) is 7.81. The SMILES string of the molecule is OC12CC3CC(C1)CC(c1nc(-c4cnn5ccc(N6CCC[C@@H]6c6cc(F)ccc6F)nc45)n[nH]1)(C3)C2. The van der Waals surface area contributed by atoms with Gasteiger partial charge in [0.1, 0.15) is 23.3 Å². The number of nitrogens with zero attached hydrogens (tertiary/aromatic N) is 6. The van der Waals surface area contributed by atoms with Gasteiger partial charge < -0.3 is 10.0 Å². The minimum atomic E-state index is -0.578. The highest BCUT2D eigenvalue weighted by molar-refractivity contribution is 5.73. The lowest BCUT2D eigenvalue weighted by Gasteiger charge is -2.59. The molecule has 0 radical (unpaired) electrons. The van der Waals surface area contributed by atoms with Gasteiger partial charge in [0.25, 0.3) is 0 Å². The van der Waals surface area contributed by atoms with Gasteiger partial charge in [-0.25, -0.2) is 23.3 Å². The van der Waals surface area contributed by atoms with Crippen LogP contribution in [0.2, 0.25) is 0 Å². The van der Waals surface area contributed by atoms with Crippen LogP contribution in [0.5, 0.6) is 0 Å². The molecule has 3 atom stereocenters. The summed E-state index contributed by atoms with van der Waals surface area (Å²) in [6, 6.07) is 5.20. The molecule has 4 aromatic rings. The number of fused-ring (bicyclic) bond motifs is 1. The molecule has 5 fully saturated rings. The zero-order valence-electron chi connectivity index (χ0n) is 20.9. The number of anilines is 1. The number of halogens is 2. The maximum atomic E-state index is 14.6. The molecular weight excluding hydrogens is 488 g/mol. The summed E-state index contributed by atoms with van der Waals surface area (Å²) in [5.74, 6) is 2.33. The Kier molecular flexibility index (Phi) is 4.64. The van der Waals surface area contributed by atoms with Crippen LogP contribution in [0, 0.1) is 23.5 Å². The first kappa shape index (κ1) is 22.6. The van der Waals surface area contributed by atoms with Crippen LogP contribution in [0.4, 0.5) is 14.6 Å². The van der Waals surface area contributed by atoms with Crippen molar-refractivity contribution in [3.63, 3.8) is 0 Å². The van der Waals surface area contributed by atoms with Crippen molar-refractivity contribution in [1.29, 1.82) is 0 Å². The van der Waals surface area contributed by atoms with E-state index in [1.54, 1.807) is 10.7 Å². The van der Waals surface area contributed by atoms with Crippen molar-refractivity contribution in [2.24, 2.45) is 11.8 Å². The minimum Gasteiger partial charge on any atom is -0.390 e. The number of aliphatic hydroxyl groups is 1. The monoisotopic (exact) mass is 517 g/mol. The molecule has 0 amide bonds. The lowest BCUT2D eigenvalue weighted by molar-refractivity contribution is -0.138. The summed E-state index contributed by atoms with van der Waals surface area (Å²) in [5, 5.41) is 23.5. The van der Waals surface area contributed by atoms with E-state index in [0.29, 0.717) is 46.8 Å². The Bertz CT molecular complexity index is 1550. The normalized spacial score (nSPS) is 32.1. The molecule has 4 bridgehead atoms. The largest absolute Gasteiger partial charge is 0.390 e. The standard InChI is InChI=1S/C28H29F2N7O/c29-18-3-4-21(30)19(9-18)22-2-1-6-36(22)23-5-7-37-25(32-23)20(14-31-37)24-33-26(35-34-24)27-10-16-8-17(11-27)13-28(38,12-16)15-27/h3-5,7,9,14,16-17,22,38H,1-2,6,8,10-13,15H2,(H,33,34,35)/t16?,17?,22-,27?,28?/m1/s1. The summed E-state index contributed by atoms with van der Waals surface area (Å²) in [6.45, 7) is 0.700. The number of benzene rings is 1. The Labute approximate surface area is 218 Å². The van der Waals surface area contributed by atoms with Crippen LogP contribution in [0.15, 0.2) is 36.7 Å². The fourth-order valence-electron chi connectivity index (χ4n) is 8.42. The van der Waals surface area contributed by atoms with Crippen molar-refractivity contribution < 1.29 is 13.9 Å². The highest BCUT2D eigenvalue weighted by Crippen LogP contribution is 2.61. The Morgan fingerprint density at radius 3 is 2.71 bits per heavy atom. The molecule has 1 aromatic carbocycles. The molecule has 38 heavy (non-hydrogen) atoms.